The molecule has 0 spiro atoms. The summed E-state index contributed by atoms with van der Waals surface area (Å²) in [5.74, 6) is 1.28. The SMILES string of the molecule is COc1ccc2c(C)c(CCC(=O)NCCc3nnc4ccccn34)c(=O)oc2c1. The number of hydrogen-bond donors (Lipinski definition) is 1. The van der Waals surface area contributed by atoms with Crippen LogP contribution in [0.2, 0.25) is 0 Å². The number of fused-ring (bicyclic) bond motifs is 2. The Kier molecular flexibility index (Phi) is 5.47. The van der Waals surface area contributed by atoms with Crippen LogP contribution in [0.15, 0.2) is 51.8 Å². The number of aryl methyl sites for hydroxylation is 1. The quantitative estimate of drug-likeness (QED) is 0.474. The van der Waals surface area contributed by atoms with E-state index in [1.165, 1.54) is 0 Å². The van der Waals surface area contributed by atoms with Gasteiger partial charge in [-0.1, -0.05) is 6.07 Å². The molecular formula is C22H22N4O4. The maximum absolute atomic E-state index is 12.4. The molecule has 1 amide bonds. The normalized spacial score (nSPS) is 11.1. The Morgan fingerprint density at radius 3 is 2.90 bits per heavy atom. The molecule has 1 aromatic carbocycles. The van der Waals surface area contributed by atoms with Crippen LogP contribution in [0.5, 0.6) is 5.75 Å². The van der Waals surface area contributed by atoms with Crippen molar-refractivity contribution in [3.63, 3.8) is 0 Å². The molecule has 4 rings (SSSR count). The van der Waals surface area contributed by atoms with Crippen molar-refractivity contribution in [1.29, 1.82) is 0 Å². The number of nitrogens with zero attached hydrogens (tertiary/aromatic N) is 3. The van der Waals surface area contributed by atoms with E-state index in [1.54, 1.807) is 13.2 Å². The molecule has 8 nitrogen and oxygen atoms in total. The standard InChI is InChI=1S/C22H22N4O4/c1-14-16-7-6-15(29-2)13-18(16)30-22(28)17(14)8-9-21(27)23-11-10-20-25-24-19-5-3-4-12-26(19)20/h3-7,12-13H,8-11H2,1-2H3,(H,23,27). The molecule has 0 saturated carbocycles. The van der Waals surface area contributed by atoms with Gasteiger partial charge < -0.3 is 14.5 Å². The van der Waals surface area contributed by atoms with Gasteiger partial charge in [-0.15, -0.1) is 10.2 Å². The maximum Gasteiger partial charge on any atom is 0.339 e. The third-order valence-corrected chi connectivity index (χ3v) is 5.15. The number of nitrogens with one attached hydrogen (secondary N) is 1. The van der Waals surface area contributed by atoms with Crippen LogP contribution >= 0.6 is 0 Å². The van der Waals surface area contributed by atoms with Crippen molar-refractivity contribution in [2.45, 2.75) is 26.2 Å². The van der Waals surface area contributed by atoms with Gasteiger partial charge in [0.05, 0.1) is 7.11 Å². The minimum absolute atomic E-state index is 0.127. The van der Waals surface area contributed by atoms with Gasteiger partial charge >= 0.3 is 5.63 Å². The minimum atomic E-state index is -0.420. The second kappa shape index (κ2) is 8.36. The largest absolute Gasteiger partial charge is 0.497 e. The van der Waals surface area contributed by atoms with E-state index in [0.717, 1.165) is 22.4 Å². The zero-order valence-electron chi connectivity index (χ0n) is 16.8. The third-order valence-electron chi connectivity index (χ3n) is 5.15. The summed E-state index contributed by atoms with van der Waals surface area (Å²) in [6.07, 6.45) is 2.98. The van der Waals surface area contributed by atoms with Gasteiger partial charge in [-0.3, -0.25) is 9.20 Å². The first kappa shape index (κ1) is 19.6. The Bertz CT molecular complexity index is 1280. The highest BCUT2D eigenvalue weighted by molar-refractivity contribution is 5.82. The van der Waals surface area contributed by atoms with Crippen molar-refractivity contribution >= 4 is 22.5 Å². The van der Waals surface area contributed by atoms with Gasteiger partial charge in [0, 0.05) is 42.6 Å². The molecule has 8 heteroatoms. The van der Waals surface area contributed by atoms with E-state index in [2.05, 4.69) is 15.5 Å². The van der Waals surface area contributed by atoms with E-state index in [4.69, 9.17) is 9.15 Å². The fraction of sp³-hybridized carbons (Fsp3) is 0.273. The van der Waals surface area contributed by atoms with Gasteiger partial charge in [-0.2, -0.15) is 0 Å². The molecule has 154 valence electrons. The van der Waals surface area contributed by atoms with E-state index in [-0.39, 0.29) is 12.3 Å². The zero-order chi connectivity index (χ0) is 21.1. The topological polar surface area (TPSA) is 98.7 Å². The van der Waals surface area contributed by atoms with Crippen LogP contribution in [0.4, 0.5) is 0 Å². The molecule has 0 bridgehead atoms. The van der Waals surface area contributed by atoms with Crippen LogP contribution in [-0.4, -0.2) is 34.2 Å². The second-order valence-corrected chi connectivity index (χ2v) is 7.00. The molecule has 1 N–H and O–H groups in total. The lowest BCUT2D eigenvalue weighted by molar-refractivity contribution is -0.121. The van der Waals surface area contributed by atoms with Crippen molar-refractivity contribution in [2.24, 2.45) is 0 Å². The number of hydrogen-bond acceptors (Lipinski definition) is 6. The maximum atomic E-state index is 12.4. The highest BCUT2D eigenvalue weighted by Crippen LogP contribution is 2.24. The number of aromatic nitrogens is 3. The number of pyridine rings is 1. The van der Waals surface area contributed by atoms with Gasteiger partial charge in [-0.25, -0.2) is 4.79 Å². The summed E-state index contributed by atoms with van der Waals surface area (Å²) in [7, 11) is 1.56. The van der Waals surface area contributed by atoms with Crippen LogP contribution in [0, 0.1) is 6.92 Å². The third kappa shape index (κ3) is 3.89. The predicted octanol–water partition coefficient (Wildman–Crippen LogP) is 2.44. The lowest BCUT2D eigenvalue weighted by Crippen LogP contribution is -2.27. The first-order valence-electron chi connectivity index (χ1n) is 9.72. The van der Waals surface area contributed by atoms with Crippen LogP contribution < -0.4 is 15.7 Å². The van der Waals surface area contributed by atoms with Crippen LogP contribution in [0.3, 0.4) is 0 Å². The van der Waals surface area contributed by atoms with Crippen molar-refractivity contribution in [3.8, 4) is 5.75 Å². The minimum Gasteiger partial charge on any atom is -0.497 e. The Morgan fingerprint density at radius 1 is 1.20 bits per heavy atom. The van der Waals surface area contributed by atoms with Gasteiger partial charge in [0.2, 0.25) is 5.91 Å². The number of rotatable bonds is 7. The molecule has 0 aliphatic heterocycles. The molecular weight excluding hydrogens is 384 g/mol. The molecule has 3 aromatic heterocycles. The van der Waals surface area contributed by atoms with Gasteiger partial charge in [0.1, 0.15) is 17.2 Å². The number of carbonyl (C=O) groups excluding carboxylic acids is 1. The van der Waals surface area contributed by atoms with Crippen LogP contribution in [-0.2, 0) is 17.6 Å². The van der Waals surface area contributed by atoms with E-state index < -0.39 is 5.63 Å². The molecule has 0 aliphatic carbocycles. The average molecular weight is 406 g/mol. The summed E-state index contributed by atoms with van der Waals surface area (Å²) in [6, 6.07) is 11.1. The first-order chi connectivity index (χ1) is 14.6. The molecule has 30 heavy (non-hydrogen) atoms. The van der Waals surface area contributed by atoms with Gasteiger partial charge in [0.25, 0.3) is 0 Å². The number of carbonyl (C=O) groups is 1. The van der Waals surface area contributed by atoms with Crippen LogP contribution in [0.1, 0.15) is 23.4 Å². The summed E-state index contributed by atoms with van der Waals surface area (Å²) in [6.45, 7) is 2.31. The molecule has 0 radical (unpaired) electrons. The highest BCUT2D eigenvalue weighted by atomic mass is 16.5. The predicted molar refractivity (Wildman–Crippen MR) is 112 cm³/mol. The van der Waals surface area contributed by atoms with Gasteiger partial charge in [0.15, 0.2) is 5.65 Å². The van der Waals surface area contributed by atoms with E-state index in [0.29, 0.717) is 36.3 Å². The van der Waals surface area contributed by atoms with Crippen molar-refractivity contribution in [3.05, 3.63) is 70.0 Å². The first-order valence-corrected chi connectivity index (χ1v) is 9.72. The summed E-state index contributed by atoms with van der Waals surface area (Å²) in [4.78, 5) is 24.7. The fourth-order valence-electron chi connectivity index (χ4n) is 3.49. The number of methoxy groups -OCH3 is 1. The summed E-state index contributed by atoms with van der Waals surface area (Å²) >= 11 is 0. The van der Waals surface area contributed by atoms with Crippen LogP contribution in [0.25, 0.3) is 16.6 Å². The summed E-state index contributed by atoms with van der Waals surface area (Å²) in [5.41, 5.74) is 2.18. The molecule has 0 atom stereocenters. The Morgan fingerprint density at radius 2 is 2.07 bits per heavy atom. The average Bonchev–Trinajstić information content (AvgIpc) is 3.16. The zero-order valence-corrected chi connectivity index (χ0v) is 16.8. The van der Waals surface area contributed by atoms with Crippen molar-refractivity contribution in [1.82, 2.24) is 19.9 Å². The number of amides is 1. The molecule has 0 fully saturated rings. The molecule has 3 heterocycles. The Hall–Kier alpha value is -3.68. The van der Waals surface area contributed by atoms with E-state index >= 15 is 0 Å². The lowest BCUT2D eigenvalue weighted by Gasteiger charge is -2.09. The smallest absolute Gasteiger partial charge is 0.339 e. The molecule has 4 aromatic rings. The second-order valence-electron chi connectivity index (χ2n) is 7.00. The molecule has 0 saturated heterocycles. The molecule has 0 unspecified atom stereocenters. The van der Waals surface area contributed by atoms with Crippen molar-refractivity contribution in [2.75, 3.05) is 13.7 Å². The highest BCUT2D eigenvalue weighted by Gasteiger charge is 2.14. The Labute approximate surface area is 172 Å². The van der Waals surface area contributed by atoms with Gasteiger partial charge in [-0.05, 0) is 43.2 Å². The summed E-state index contributed by atoms with van der Waals surface area (Å²) < 4.78 is 12.5. The lowest BCUT2D eigenvalue weighted by atomic mass is 10.0. The monoisotopic (exact) mass is 406 g/mol. The number of benzene rings is 1. The van der Waals surface area contributed by atoms with E-state index in [9.17, 15) is 9.59 Å². The fourth-order valence-corrected chi connectivity index (χ4v) is 3.49. The van der Waals surface area contributed by atoms with E-state index in [1.807, 2.05) is 47.9 Å². The molecule has 0 aliphatic rings. The number of ether oxygens (including phenoxy) is 1. The van der Waals surface area contributed by atoms with Crippen molar-refractivity contribution < 1.29 is 13.9 Å². The summed E-state index contributed by atoms with van der Waals surface area (Å²) in [5, 5.41) is 12.0. The Balaban J connectivity index is 1.37.